The highest BCUT2D eigenvalue weighted by Crippen LogP contribution is 2.09. The van der Waals surface area contributed by atoms with E-state index in [4.69, 9.17) is 0 Å². The maximum absolute atomic E-state index is 3.64. The first-order valence-electron chi connectivity index (χ1n) is 6.31. The van der Waals surface area contributed by atoms with Crippen LogP contribution < -0.4 is 5.32 Å². The highest BCUT2D eigenvalue weighted by Gasteiger charge is 2.15. The summed E-state index contributed by atoms with van der Waals surface area (Å²) in [4.78, 5) is 2.62. The van der Waals surface area contributed by atoms with E-state index in [-0.39, 0.29) is 0 Å². The average molecular weight is 230 g/mol. The van der Waals surface area contributed by atoms with Gasteiger partial charge < -0.3 is 10.2 Å². The van der Waals surface area contributed by atoms with Crippen LogP contribution in [0.4, 0.5) is 0 Å². The third-order valence-corrected chi connectivity index (χ3v) is 3.63. The van der Waals surface area contributed by atoms with Crippen molar-refractivity contribution >= 4 is 11.8 Å². The summed E-state index contributed by atoms with van der Waals surface area (Å²) in [5, 5.41) is 3.64. The van der Waals surface area contributed by atoms with Gasteiger partial charge in [-0.3, -0.25) is 0 Å². The van der Waals surface area contributed by atoms with Gasteiger partial charge in [0.05, 0.1) is 0 Å². The monoisotopic (exact) mass is 230 g/mol. The molecule has 1 aliphatic rings. The molecule has 2 nitrogen and oxygen atoms in total. The summed E-state index contributed by atoms with van der Waals surface area (Å²) in [5.74, 6) is 1.27. The van der Waals surface area contributed by atoms with Crippen molar-refractivity contribution < 1.29 is 0 Å². The zero-order chi connectivity index (χ0) is 10.9. The minimum atomic E-state index is 0.757. The van der Waals surface area contributed by atoms with Crippen molar-refractivity contribution in [3.05, 3.63) is 0 Å². The van der Waals surface area contributed by atoms with E-state index >= 15 is 0 Å². The molecule has 3 heteroatoms. The van der Waals surface area contributed by atoms with Crippen LogP contribution in [0.1, 0.15) is 32.6 Å². The third-order valence-electron chi connectivity index (χ3n) is 3.04. The summed E-state index contributed by atoms with van der Waals surface area (Å²) in [5.41, 5.74) is 0. The molecule has 0 saturated carbocycles. The van der Waals surface area contributed by atoms with Gasteiger partial charge in [-0.25, -0.2) is 0 Å². The molecule has 0 radical (unpaired) electrons. The first-order valence-corrected chi connectivity index (χ1v) is 7.71. The molecule has 0 spiro atoms. The lowest BCUT2D eigenvalue weighted by Gasteiger charge is -2.30. The van der Waals surface area contributed by atoms with Gasteiger partial charge >= 0.3 is 0 Å². The molecule has 1 atom stereocenters. The van der Waals surface area contributed by atoms with Crippen molar-refractivity contribution in [2.75, 3.05) is 38.2 Å². The SMILES string of the molecule is CCCN(CCSC)CC1CCCCN1. The predicted octanol–water partition coefficient (Wildman–Crippen LogP) is 2.20. The van der Waals surface area contributed by atoms with Gasteiger partial charge in [0.15, 0.2) is 0 Å². The Bertz CT molecular complexity index is 147. The Morgan fingerprint density at radius 3 is 2.80 bits per heavy atom. The molecule has 1 N–H and O–H groups in total. The third kappa shape index (κ3) is 5.79. The molecular weight excluding hydrogens is 204 g/mol. The Morgan fingerprint density at radius 1 is 1.33 bits per heavy atom. The molecule has 0 aromatic rings. The van der Waals surface area contributed by atoms with Gasteiger partial charge in [0.1, 0.15) is 0 Å². The van der Waals surface area contributed by atoms with Gasteiger partial charge in [0.2, 0.25) is 0 Å². The molecule has 0 aromatic carbocycles. The Labute approximate surface area is 99.2 Å². The molecule has 15 heavy (non-hydrogen) atoms. The van der Waals surface area contributed by atoms with Crippen LogP contribution in [-0.2, 0) is 0 Å². The van der Waals surface area contributed by atoms with E-state index in [9.17, 15) is 0 Å². The summed E-state index contributed by atoms with van der Waals surface area (Å²) in [6, 6.07) is 0.757. The molecule has 1 aliphatic heterocycles. The fourth-order valence-corrected chi connectivity index (χ4v) is 2.66. The van der Waals surface area contributed by atoms with Gasteiger partial charge in [-0.15, -0.1) is 0 Å². The first kappa shape index (κ1) is 13.3. The molecule has 1 heterocycles. The number of nitrogens with one attached hydrogen (secondary N) is 1. The number of rotatable bonds is 7. The van der Waals surface area contributed by atoms with E-state index in [1.165, 1.54) is 57.6 Å². The Balaban J connectivity index is 2.21. The van der Waals surface area contributed by atoms with Crippen LogP contribution in [0.15, 0.2) is 0 Å². The second kappa shape index (κ2) is 8.43. The topological polar surface area (TPSA) is 15.3 Å². The van der Waals surface area contributed by atoms with Crippen molar-refractivity contribution in [3.8, 4) is 0 Å². The maximum Gasteiger partial charge on any atom is 0.0195 e. The van der Waals surface area contributed by atoms with Crippen LogP contribution in [0, 0.1) is 0 Å². The average Bonchev–Trinajstić information content (AvgIpc) is 2.28. The molecule has 1 saturated heterocycles. The fraction of sp³-hybridized carbons (Fsp3) is 1.00. The Kier molecular flexibility index (Phi) is 7.49. The van der Waals surface area contributed by atoms with E-state index < -0.39 is 0 Å². The number of hydrogen-bond donors (Lipinski definition) is 1. The van der Waals surface area contributed by atoms with E-state index in [1.807, 2.05) is 11.8 Å². The minimum absolute atomic E-state index is 0.757. The Morgan fingerprint density at radius 2 is 2.20 bits per heavy atom. The lowest BCUT2D eigenvalue weighted by molar-refractivity contribution is 0.235. The fourth-order valence-electron chi connectivity index (χ4n) is 2.22. The number of thioether (sulfide) groups is 1. The quantitative estimate of drug-likeness (QED) is 0.722. The number of hydrogen-bond acceptors (Lipinski definition) is 3. The smallest absolute Gasteiger partial charge is 0.0195 e. The van der Waals surface area contributed by atoms with Crippen LogP contribution in [0.2, 0.25) is 0 Å². The summed E-state index contributed by atoms with van der Waals surface area (Å²) >= 11 is 1.96. The molecule has 0 bridgehead atoms. The van der Waals surface area contributed by atoms with Gasteiger partial charge in [-0.2, -0.15) is 11.8 Å². The van der Waals surface area contributed by atoms with E-state index in [0.29, 0.717) is 0 Å². The van der Waals surface area contributed by atoms with Gasteiger partial charge in [-0.1, -0.05) is 13.3 Å². The van der Waals surface area contributed by atoms with Crippen LogP contribution >= 0.6 is 11.8 Å². The van der Waals surface area contributed by atoms with Crippen molar-refractivity contribution in [2.24, 2.45) is 0 Å². The van der Waals surface area contributed by atoms with Crippen molar-refractivity contribution in [1.29, 1.82) is 0 Å². The standard InChI is InChI=1S/C12H26N2S/c1-3-8-14(9-10-15-2)11-12-6-4-5-7-13-12/h12-13H,3-11H2,1-2H3. The van der Waals surface area contributed by atoms with E-state index in [1.54, 1.807) is 0 Å². The van der Waals surface area contributed by atoms with E-state index in [2.05, 4.69) is 23.4 Å². The molecule has 0 aliphatic carbocycles. The van der Waals surface area contributed by atoms with Crippen LogP contribution in [0.3, 0.4) is 0 Å². The summed E-state index contributed by atoms with van der Waals surface area (Å²) in [6.45, 7) is 7.29. The van der Waals surface area contributed by atoms with Crippen molar-refractivity contribution in [1.82, 2.24) is 10.2 Å². The summed E-state index contributed by atoms with van der Waals surface area (Å²) in [7, 11) is 0. The molecule has 1 unspecified atom stereocenters. The number of piperidine rings is 1. The molecular formula is C12H26N2S. The predicted molar refractivity (Wildman–Crippen MR) is 70.8 cm³/mol. The maximum atomic E-state index is 3.64. The minimum Gasteiger partial charge on any atom is -0.313 e. The van der Waals surface area contributed by atoms with Crippen LogP contribution in [0.25, 0.3) is 0 Å². The summed E-state index contributed by atoms with van der Waals surface area (Å²) < 4.78 is 0. The normalized spacial score (nSPS) is 22.2. The largest absolute Gasteiger partial charge is 0.313 e. The van der Waals surface area contributed by atoms with Gasteiger partial charge in [-0.05, 0) is 38.6 Å². The molecule has 1 rings (SSSR count). The molecule has 0 aromatic heterocycles. The second-order valence-electron chi connectivity index (χ2n) is 4.44. The first-order chi connectivity index (χ1) is 7.36. The zero-order valence-electron chi connectivity index (χ0n) is 10.3. The molecule has 1 fully saturated rings. The zero-order valence-corrected chi connectivity index (χ0v) is 11.1. The number of nitrogens with zero attached hydrogens (tertiary/aromatic N) is 1. The van der Waals surface area contributed by atoms with Gasteiger partial charge in [0.25, 0.3) is 0 Å². The molecule has 0 amide bonds. The Hall–Kier alpha value is 0.270. The highest BCUT2D eigenvalue weighted by molar-refractivity contribution is 7.98. The summed E-state index contributed by atoms with van der Waals surface area (Å²) in [6.07, 6.45) is 7.64. The lowest BCUT2D eigenvalue weighted by Crippen LogP contribution is -2.44. The molecule has 90 valence electrons. The van der Waals surface area contributed by atoms with Crippen molar-refractivity contribution in [2.45, 2.75) is 38.6 Å². The second-order valence-corrected chi connectivity index (χ2v) is 5.43. The van der Waals surface area contributed by atoms with Crippen LogP contribution in [0.5, 0.6) is 0 Å². The lowest BCUT2D eigenvalue weighted by atomic mass is 10.0. The van der Waals surface area contributed by atoms with Gasteiger partial charge in [0, 0.05) is 24.9 Å². The van der Waals surface area contributed by atoms with Crippen molar-refractivity contribution in [3.63, 3.8) is 0 Å². The van der Waals surface area contributed by atoms with E-state index in [0.717, 1.165) is 6.04 Å². The van der Waals surface area contributed by atoms with Crippen LogP contribution in [-0.4, -0.2) is 49.1 Å². The highest BCUT2D eigenvalue weighted by atomic mass is 32.2.